The number of benzene rings is 1. The van der Waals surface area contributed by atoms with Crippen LogP contribution < -0.4 is 13.4 Å². The van der Waals surface area contributed by atoms with Gasteiger partial charge < -0.3 is 23.4 Å². The number of phenols is 1. The predicted octanol–water partition coefficient (Wildman–Crippen LogP) is 3.44. The summed E-state index contributed by atoms with van der Waals surface area (Å²) >= 11 is 5.69. The van der Waals surface area contributed by atoms with Crippen LogP contribution in [-0.2, 0) is 11.2 Å². The number of phenolic OH excluding ortho intramolecular Hbond substituents is 1. The van der Waals surface area contributed by atoms with E-state index in [4.69, 9.17) is 13.4 Å². The van der Waals surface area contributed by atoms with Gasteiger partial charge in [-0.15, -0.1) is 0 Å². The molecule has 7 nitrogen and oxygen atoms in total. The molecule has 1 aliphatic heterocycles. The Hall–Kier alpha value is -1.84. The molecule has 2 heterocycles. The van der Waals surface area contributed by atoms with Crippen LogP contribution in [0, 0.1) is 0 Å². The molecule has 0 unspecified atom stereocenters. The van der Waals surface area contributed by atoms with Crippen LogP contribution in [0.5, 0.6) is 17.2 Å². The summed E-state index contributed by atoms with van der Waals surface area (Å²) < 4.78 is 9.92. The number of nitrogens with two attached hydrogens (primary N) is 1. The Balaban J connectivity index is 1.61. The number of carbonyl (C=O) groups excluding carboxylic acids is 1. The largest absolute Gasteiger partial charge is 0.502 e. The average molecular weight is 515 g/mol. The molecule has 0 bridgehead atoms. The van der Waals surface area contributed by atoms with Gasteiger partial charge in [0.25, 0.3) is 0 Å². The maximum Gasteiger partial charge on any atom is 0.239 e. The first-order valence-electron chi connectivity index (χ1n) is 8.90. The van der Waals surface area contributed by atoms with Crippen LogP contribution in [0.1, 0.15) is 29.9 Å². The fourth-order valence-electron chi connectivity index (χ4n) is 3.52. The van der Waals surface area contributed by atoms with Crippen LogP contribution in [0.4, 0.5) is 0 Å². The number of rotatable bonds is 6. The Morgan fingerprint density at radius 3 is 2.32 bits per heavy atom. The third-order valence-corrected chi connectivity index (χ3v) is 5.72. The van der Waals surface area contributed by atoms with E-state index in [-0.39, 0.29) is 23.2 Å². The number of carbonyl (C=O) groups is 1. The number of nitrogens with zero attached hydrogens (tertiary/aromatic N) is 2. The number of likely N-dealkylation sites (tertiary alicyclic amines) is 1. The molecule has 2 aromatic rings. The topological polar surface area (TPSA) is 97.9 Å². The molecular weight excluding hydrogens is 494 g/mol. The third-order valence-electron chi connectivity index (χ3n) is 5.02. The standard InChI is InChI=1S/C19H21Br2N3O4/c20-27-16-10-12(11-17(28-21)18(16)25)9-15(22)19(26)24-7-3-14(4-8-24)13-1-5-23-6-2-13/h1-2,5-6,10-11,14-15,25H,3-4,7-9,22H2/t15-/m0/s1. The zero-order valence-electron chi connectivity index (χ0n) is 15.1. The monoisotopic (exact) mass is 513 g/mol. The van der Waals surface area contributed by atoms with Crippen molar-refractivity contribution in [1.82, 2.24) is 9.88 Å². The minimum absolute atomic E-state index is 0.0797. The van der Waals surface area contributed by atoms with Crippen molar-refractivity contribution in [2.75, 3.05) is 13.1 Å². The van der Waals surface area contributed by atoms with E-state index in [2.05, 4.69) is 37.5 Å². The highest BCUT2D eigenvalue weighted by Gasteiger charge is 2.27. The number of pyridine rings is 1. The van der Waals surface area contributed by atoms with E-state index in [1.807, 2.05) is 17.0 Å². The average Bonchev–Trinajstić information content (AvgIpc) is 2.75. The fraction of sp³-hybridized carbons (Fsp3) is 0.368. The van der Waals surface area contributed by atoms with Gasteiger partial charge >= 0.3 is 0 Å². The van der Waals surface area contributed by atoms with Crippen molar-refractivity contribution >= 4 is 38.4 Å². The maximum absolute atomic E-state index is 12.8. The molecule has 0 aliphatic carbocycles. The molecule has 3 N–H and O–H groups in total. The molecule has 1 fully saturated rings. The molecule has 1 saturated heterocycles. The summed E-state index contributed by atoms with van der Waals surface area (Å²) in [5.41, 5.74) is 8.16. The Kier molecular flexibility index (Phi) is 7.14. The second-order valence-corrected chi connectivity index (χ2v) is 7.43. The zero-order valence-corrected chi connectivity index (χ0v) is 18.2. The minimum Gasteiger partial charge on any atom is -0.502 e. The molecule has 150 valence electrons. The molecule has 3 rings (SSSR count). The van der Waals surface area contributed by atoms with Crippen LogP contribution in [-0.4, -0.2) is 40.0 Å². The highest BCUT2D eigenvalue weighted by molar-refractivity contribution is 9.06. The first-order valence-corrected chi connectivity index (χ1v) is 10.2. The second kappa shape index (κ2) is 9.58. The molecule has 0 spiro atoms. The lowest BCUT2D eigenvalue weighted by atomic mass is 9.89. The van der Waals surface area contributed by atoms with E-state index < -0.39 is 6.04 Å². The highest BCUT2D eigenvalue weighted by Crippen LogP contribution is 2.39. The highest BCUT2D eigenvalue weighted by atomic mass is 79.9. The molecular formula is C19H21Br2N3O4. The van der Waals surface area contributed by atoms with Gasteiger partial charge in [0.05, 0.1) is 6.04 Å². The van der Waals surface area contributed by atoms with Gasteiger partial charge in [-0.25, -0.2) is 0 Å². The van der Waals surface area contributed by atoms with Crippen LogP contribution in [0.15, 0.2) is 36.7 Å². The summed E-state index contributed by atoms with van der Waals surface area (Å²) in [5.74, 6) is 0.576. The third kappa shape index (κ3) is 4.76. The van der Waals surface area contributed by atoms with Gasteiger partial charge in [0, 0.05) is 25.5 Å². The van der Waals surface area contributed by atoms with Crippen LogP contribution in [0.25, 0.3) is 0 Å². The Morgan fingerprint density at radius 1 is 1.21 bits per heavy atom. The number of aromatic hydroxyl groups is 1. The number of aromatic nitrogens is 1. The van der Waals surface area contributed by atoms with Crippen molar-refractivity contribution in [2.24, 2.45) is 5.73 Å². The van der Waals surface area contributed by atoms with Gasteiger partial charge in [0.15, 0.2) is 44.0 Å². The zero-order chi connectivity index (χ0) is 20.1. The lowest BCUT2D eigenvalue weighted by Crippen LogP contribution is -2.47. The van der Waals surface area contributed by atoms with Crippen molar-refractivity contribution in [3.63, 3.8) is 0 Å². The fourth-order valence-corrected chi connectivity index (χ4v) is 4.01. The van der Waals surface area contributed by atoms with Crippen molar-refractivity contribution in [3.8, 4) is 17.2 Å². The summed E-state index contributed by atoms with van der Waals surface area (Å²) in [6, 6.07) is 6.61. The van der Waals surface area contributed by atoms with E-state index in [0.717, 1.165) is 12.8 Å². The van der Waals surface area contributed by atoms with Gasteiger partial charge in [-0.2, -0.15) is 0 Å². The Labute approximate surface area is 180 Å². The normalized spacial score (nSPS) is 15.9. The number of amides is 1. The number of halogens is 2. The van der Waals surface area contributed by atoms with Gasteiger partial charge in [-0.1, -0.05) is 0 Å². The summed E-state index contributed by atoms with van der Waals surface area (Å²) in [4.78, 5) is 18.7. The van der Waals surface area contributed by atoms with Gasteiger partial charge in [-0.05, 0) is 60.6 Å². The Morgan fingerprint density at radius 2 is 1.79 bits per heavy atom. The molecule has 1 atom stereocenters. The van der Waals surface area contributed by atoms with E-state index in [0.29, 0.717) is 31.0 Å². The first-order chi connectivity index (χ1) is 13.5. The summed E-state index contributed by atoms with van der Waals surface area (Å²) in [5, 5.41) is 9.96. The van der Waals surface area contributed by atoms with E-state index in [9.17, 15) is 9.90 Å². The second-order valence-electron chi connectivity index (χ2n) is 6.79. The van der Waals surface area contributed by atoms with E-state index >= 15 is 0 Å². The smallest absolute Gasteiger partial charge is 0.239 e. The van der Waals surface area contributed by atoms with Gasteiger partial charge in [0.2, 0.25) is 11.7 Å². The van der Waals surface area contributed by atoms with Crippen molar-refractivity contribution in [3.05, 3.63) is 47.8 Å². The maximum atomic E-state index is 12.8. The van der Waals surface area contributed by atoms with Crippen molar-refractivity contribution < 1.29 is 17.6 Å². The summed E-state index contributed by atoms with van der Waals surface area (Å²) in [6.45, 7) is 1.36. The number of piperidine rings is 1. The molecule has 0 saturated carbocycles. The van der Waals surface area contributed by atoms with E-state index in [1.165, 1.54) is 5.56 Å². The first kappa shape index (κ1) is 20.9. The number of hydrogen-bond acceptors (Lipinski definition) is 6. The lowest BCUT2D eigenvalue weighted by molar-refractivity contribution is -0.133. The van der Waals surface area contributed by atoms with Crippen molar-refractivity contribution in [2.45, 2.75) is 31.2 Å². The Bertz CT molecular complexity index is 789. The quantitative estimate of drug-likeness (QED) is 0.612. The molecule has 9 heteroatoms. The minimum atomic E-state index is -0.687. The number of hydrogen-bond donors (Lipinski definition) is 2. The van der Waals surface area contributed by atoms with Crippen molar-refractivity contribution in [1.29, 1.82) is 0 Å². The van der Waals surface area contributed by atoms with E-state index in [1.54, 1.807) is 24.5 Å². The van der Waals surface area contributed by atoms with Crippen LogP contribution in [0.2, 0.25) is 0 Å². The lowest BCUT2D eigenvalue weighted by Gasteiger charge is -2.33. The molecule has 0 radical (unpaired) electrons. The molecule has 28 heavy (non-hydrogen) atoms. The molecule has 1 aromatic heterocycles. The van der Waals surface area contributed by atoms with Gasteiger partial charge in [-0.3, -0.25) is 9.78 Å². The summed E-state index contributed by atoms with van der Waals surface area (Å²) in [6.07, 6.45) is 5.72. The SMILES string of the molecule is N[C@@H](Cc1cc(OBr)c(O)c(OBr)c1)C(=O)N1CCC(c2ccncc2)CC1. The van der Waals surface area contributed by atoms with Gasteiger partial charge in [0.1, 0.15) is 0 Å². The molecule has 1 aromatic carbocycles. The molecule has 1 aliphatic rings. The summed E-state index contributed by atoms with van der Waals surface area (Å²) in [7, 11) is 0. The predicted molar refractivity (Wildman–Crippen MR) is 112 cm³/mol. The molecule has 1 amide bonds. The van der Waals surface area contributed by atoms with Crippen LogP contribution >= 0.6 is 32.5 Å². The van der Waals surface area contributed by atoms with Crippen LogP contribution in [0.3, 0.4) is 0 Å².